The standard InChI is InChI=1S/C14H16FN3O/c15-13-3-1-2-4-14(13)18-10-12(9-17-18)19-11-5-7-16-8-6-11/h1-4,9-11,16H,5-8H2. The van der Waals surface area contributed by atoms with Gasteiger partial charge in [-0.05, 0) is 38.1 Å². The van der Waals surface area contributed by atoms with Crippen molar-refractivity contribution in [3.8, 4) is 11.4 Å². The Kier molecular flexibility index (Phi) is 3.46. The van der Waals surface area contributed by atoms with Crippen molar-refractivity contribution in [2.24, 2.45) is 0 Å². The largest absolute Gasteiger partial charge is 0.487 e. The Bertz CT molecular complexity index is 549. The van der Waals surface area contributed by atoms with Crippen LogP contribution in [0.1, 0.15) is 12.8 Å². The smallest absolute Gasteiger partial charge is 0.158 e. The maximum atomic E-state index is 13.6. The number of nitrogens with zero attached hydrogens (tertiary/aromatic N) is 2. The predicted octanol–water partition coefficient (Wildman–Crippen LogP) is 2.14. The third-order valence-electron chi connectivity index (χ3n) is 3.25. The summed E-state index contributed by atoms with van der Waals surface area (Å²) in [4.78, 5) is 0. The van der Waals surface area contributed by atoms with Gasteiger partial charge in [0.1, 0.15) is 17.6 Å². The lowest BCUT2D eigenvalue weighted by atomic mass is 10.1. The number of hydrogen-bond acceptors (Lipinski definition) is 3. The molecule has 5 heteroatoms. The molecule has 1 saturated heterocycles. The monoisotopic (exact) mass is 261 g/mol. The molecule has 0 amide bonds. The first-order valence-electron chi connectivity index (χ1n) is 6.50. The van der Waals surface area contributed by atoms with E-state index in [2.05, 4.69) is 10.4 Å². The Labute approximate surface area is 111 Å². The summed E-state index contributed by atoms with van der Waals surface area (Å²) < 4.78 is 21.0. The van der Waals surface area contributed by atoms with E-state index in [0.717, 1.165) is 25.9 Å². The Morgan fingerprint density at radius 3 is 2.84 bits per heavy atom. The van der Waals surface area contributed by atoms with Gasteiger partial charge >= 0.3 is 0 Å². The first kappa shape index (κ1) is 12.2. The summed E-state index contributed by atoms with van der Waals surface area (Å²) in [7, 11) is 0. The summed E-state index contributed by atoms with van der Waals surface area (Å²) in [5.41, 5.74) is 0.433. The molecule has 0 unspecified atom stereocenters. The molecule has 2 aromatic rings. The van der Waals surface area contributed by atoms with Gasteiger partial charge < -0.3 is 10.1 Å². The zero-order valence-corrected chi connectivity index (χ0v) is 10.6. The number of piperidine rings is 1. The molecular formula is C14H16FN3O. The zero-order valence-electron chi connectivity index (χ0n) is 10.6. The van der Waals surface area contributed by atoms with Gasteiger partial charge in [0.2, 0.25) is 0 Å². The highest BCUT2D eigenvalue weighted by Crippen LogP contribution is 2.19. The van der Waals surface area contributed by atoms with E-state index < -0.39 is 0 Å². The second kappa shape index (κ2) is 5.40. The molecule has 2 heterocycles. The minimum Gasteiger partial charge on any atom is -0.487 e. The van der Waals surface area contributed by atoms with Gasteiger partial charge in [-0.2, -0.15) is 5.10 Å². The van der Waals surface area contributed by atoms with Crippen molar-refractivity contribution in [3.05, 3.63) is 42.5 Å². The highest BCUT2D eigenvalue weighted by atomic mass is 19.1. The number of benzene rings is 1. The summed E-state index contributed by atoms with van der Waals surface area (Å²) >= 11 is 0. The Hall–Kier alpha value is -1.88. The van der Waals surface area contributed by atoms with Crippen LogP contribution in [-0.2, 0) is 0 Å². The fourth-order valence-corrected chi connectivity index (χ4v) is 2.24. The normalized spacial score (nSPS) is 16.5. The third kappa shape index (κ3) is 2.76. The molecule has 3 rings (SSSR count). The lowest BCUT2D eigenvalue weighted by Crippen LogP contribution is -2.34. The van der Waals surface area contributed by atoms with Crippen LogP contribution in [0.25, 0.3) is 5.69 Å². The van der Waals surface area contributed by atoms with Crippen LogP contribution in [0, 0.1) is 5.82 Å². The first-order valence-corrected chi connectivity index (χ1v) is 6.50. The maximum Gasteiger partial charge on any atom is 0.158 e. The van der Waals surface area contributed by atoms with Crippen LogP contribution < -0.4 is 10.1 Å². The van der Waals surface area contributed by atoms with Crippen molar-refractivity contribution in [2.45, 2.75) is 18.9 Å². The van der Waals surface area contributed by atoms with Gasteiger partial charge in [-0.15, -0.1) is 0 Å². The molecule has 1 aliphatic rings. The van der Waals surface area contributed by atoms with Crippen molar-refractivity contribution in [3.63, 3.8) is 0 Å². The van der Waals surface area contributed by atoms with Crippen molar-refractivity contribution < 1.29 is 9.13 Å². The van der Waals surface area contributed by atoms with E-state index in [1.165, 1.54) is 10.7 Å². The second-order valence-electron chi connectivity index (χ2n) is 4.64. The van der Waals surface area contributed by atoms with E-state index in [-0.39, 0.29) is 11.9 Å². The molecular weight excluding hydrogens is 245 g/mol. The highest BCUT2D eigenvalue weighted by Gasteiger charge is 2.15. The third-order valence-corrected chi connectivity index (χ3v) is 3.25. The molecule has 0 aliphatic carbocycles. The van der Waals surface area contributed by atoms with Crippen molar-refractivity contribution in [2.75, 3.05) is 13.1 Å². The minimum atomic E-state index is -0.293. The average Bonchev–Trinajstić information content (AvgIpc) is 2.89. The Balaban J connectivity index is 1.74. The van der Waals surface area contributed by atoms with Crippen LogP contribution in [0.4, 0.5) is 4.39 Å². The quantitative estimate of drug-likeness (QED) is 0.920. The van der Waals surface area contributed by atoms with Gasteiger partial charge in [0.15, 0.2) is 5.75 Å². The van der Waals surface area contributed by atoms with Crippen molar-refractivity contribution in [1.29, 1.82) is 0 Å². The molecule has 1 fully saturated rings. The van der Waals surface area contributed by atoms with Crippen LogP contribution in [-0.4, -0.2) is 29.0 Å². The van der Waals surface area contributed by atoms with Crippen molar-refractivity contribution in [1.82, 2.24) is 15.1 Å². The molecule has 100 valence electrons. The van der Waals surface area contributed by atoms with E-state index in [9.17, 15) is 4.39 Å². The van der Waals surface area contributed by atoms with E-state index in [0.29, 0.717) is 11.4 Å². The zero-order chi connectivity index (χ0) is 13.1. The molecule has 0 radical (unpaired) electrons. The van der Waals surface area contributed by atoms with Gasteiger partial charge in [-0.1, -0.05) is 12.1 Å². The summed E-state index contributed by atoms with van der Waals surface area (Å²) in [5.74, 6) is 0.397. The van der Waals surface area contributed by atoms with Gasteiger partial charge in [0.25, 0.3) is 0 Å². The fourth-order valence-electron chi connectivity index (χ4n) is 2.24. The lowest BCUT2D eigenvalue weighted by Gasteiger charge is -2.22. The molecule has 1 N–H and O–H groups in total. The predicted molar refractivity (Wildman–Crippen MR) is 70.0 cm³/mol. The van der Waals surface area contributed by atoms with E-state index >= 15 is 0 Å². The van der Waals surface area contributed by atoms with Crippen molar-refractivity contribution >= 4 is 0 Å². The fraction of sp³-hybridized carbons (Fsp3) is 0.357. The van der Waals surface area contributed by atoms with Crippen LogP contribution in [0.15, 0.2) is 36.7 Å². The molecule has 19 heavy (non-hydrogen) atoms. The van der Waals surface area contributed by atoms with Crippen LogP contribution in [0.5, 0.6) is 5.75 Å². The summed E-state index contributed by atoms with van der Waals surface area (Å²) in [6.07, 6.45) is 5.56. The summed E-state index contributed by atoms with van der Waals surface area (Å²) in [6.45, 7) is 1.96. The van der Waals surface area contributed by atoms with Crippen LogP contribution in [0.3, 0.4) is 0 Å². The average molecular weight is 261 g/mol. The Morgan fingerprint density at radius 1 is 1.26 bits per heavy atom. The van der Waals surface area contributed by atoms with Crippen LogP contribution >= 0.6 is 0 Å². The topological polar surface area (TPSA) is 39.1 Å². The number of nitrogens with one attached hydrogen (secondary N) is 1. The summed E-state index contributed by atoms with van der Waals surface area (Å²) in [6, 6.07) is 6.56. The number of halogens is 1. The van der Waals surface area contributed by atoms with Gasteiger partial charge in [-0.25, -0.2) is 9.07 Å². The second-order valence-corrected chi connectivity index (χ2v) is 4.64. The number of ether oxygens (including phenoxy) is 1. The number of rotatable bonds is 3. The Morgan fingerprint density at radius 2 is 2.05 bits per heavy atom. The molecule has 1 aromatic carbocycles. The van der Waals surface area contributed by atoms with Crippen LogP contribution in [0.2, 0.25) is 0 Å². The lowest BCUT2D eigenvalue weighted by molar-refractivity contribution is 0.162. The molecule has 0 bridgehead atoms. The molecule has 4 nitrogen and oxygen atoms in total. The van der Waals surface area contributed by atoms with Gasteiger partial charge in [0.05, 0.1) is 12.4 Å². The number of para-hydroxylation sites is 1. The SMILES string of the molecule is Fc1ccccc1-n1cc(OC2CCNCC2)cn1. The number of aromatic nitrogens is 2. The molecule has 1 aromatic heterocycles. The van der Waals surface area contributed by atoms with Gasteiger partial charge in [0, 0.05) is 0 Å². The van der Waals surface area contributed by atoms with E-state index in [4.69, 9.17) is 4.74 Å². The first-order chi connectivity index (χ1) is 9.33. The van der Waals surface area contributed by atoms with E-state index in [1.54, 1.807) is 30.6 Å². The maximum absolute atomic E-state index is 13.6. The molecule has 0 saturated carbocycles. The molecule has 1 aliphatic heterocycles. The minimum absolute atomic E-state index is 0.222. The number of hydrogen-bond donors (Lipinski definition) is 1. The molecule has 0 atom stereocenters. The van der Waals surface area contributed by atoms with E-state index in [1.807, 2.05) is 0 Å². The van der Waals surface area contributed by atoms with Gasteiger partial charge in [-0.3, -0.25) is 0 Å². The highest BCUT2D eigenvalue weighted by molar-refractivity contribution is 5.33. The summed E-state index contributed by atoms with van der Waals surface area (Å²) in [5, 5.41) is 7.44. The molecule has 0 spiro atoms.